The molecule has 26 heavy (non-hydrogen) atoms. The predicted molar refractivity (Wildman–Crippen MR) is 97.4 cm³/mol. The number of unbranched alkanes of at least 4 members (excludes halogenated alkanes) is 2. The summed E-state index contributed by atoms with van der Waals surface area (Å²) in [5.41, 5.74) is 1.10. The Morgan fingerprint density at radius 3 is 2.31 bits per heavy atom. The van der Waals surface area contributed by atoms with E-state index in [1.165, 1.54) is 0 Å². The van der Waals surface area contributed by atoms with Crippen molar-refractivity contribution in [2.75, 3.05) is 0 Å². The summed E-state index contributed by atoms with van der Waals surface area (Å²) in [4.78, 5) is 0. The zero-order valence-electron chi connectivity index (χ0n) is 15.4. The van der Waals surface area contributed by atoms with Crippen LogP contribution in [0.25, 0.3) is 0 Å². The number of aromatic hydroxyl groups is 2. The van der Waals surface area contributed by atoms with Gasteiger partial charge in [0.25, 0.3) is 0 Å². The molecule has 0 heterocycles. The normalized spacial score (nSPS) is 20.7. The largest absolute Gasteiger partial charge is 0.507 e. The van der Waals surface area contributed by atoms with Crippen LogP contribution in [0.15, 0.2) is 35.9 Å². The van der Waals surface area contributed by atoms with Gasteiger partial charge in [-0.1, -0.05) is 38.0 Å². The number of hydrogen-bond acceptors (Lipinski definition) is 2. The molecule has 144 valence electrons. The van der Waals surface area contributed by atoms with Crippen molar-refractivity contribution in [2.45, 2.75) is 64.5 Å². The molecule has 0 radical (unpaired) electrons. The molecule has 1 aromatic carbocycles. The molecule has 2 N–H and O–H groups in total. The molecule has 2 atom stereocenters. The van der Waals surface area contributed by atoms with Gasteiger partial charge in [-0.3, -0.25) is 0 Å². The Morgan fingerprint density at radius 1 is 1.19 bits per heavy atom. The number of hydrogen-bond donors (Lipinski definition) is 2. The number of allylic oxidation sites excluding steroid dienone is 3. The minimum Gasteiger partial charge on any atom is -0.507 e. The van der Waals surface area contributed by atoms with Crippen molar-refractivity contribution in [3.8, 4) is 11.5 Å². The Labute approximate surface area is 153 Å². The van der Waals surface area contributed by atoms with Crippen molar-refractivity contribution < 1.29 is 23.4 Å². The fourth-order valence-corrected chi connectivity index (χ4v) is 3.73. The van der Waals surface area contributed by atoms with Crippen LogP contribution in [0.4, 0.5) is 13.2 Å². The van der Waals surface area contributed by atoms with Crippen LogP contribution in [0.1, 0.15) is 63.0 Å². The topological polar surface area (TPSA) is 40.5 Å². The number of phenols is 2. The van der Waals surface area contributed by atoms with Crippen LogP contribution in [-0.2, 0) is 6.42 Å². The van der Waals surface area contributed by atoms with Gasteiger partial charge in [0.2, 0.25) is 0 Å². The molecule has 0 amide bonds. The van der Waals surface area contributed by atoms with Gasteiger partial charge in [0, 0.05) is 17.1 Å². The van der Waals surface area contributed by atoms with E-state index in [1.807, 2.05) is 0 Å². The number of alkyl halides is 3. The molecule has 0 spiro atoms. The van der Waals surface area contributed by atoms with Gasteiger partial charge >= 0.3 is 6.18 Å². The zero-order valence-corrected chi connectivity index (χ0v) is 15.4. The molecule has 0 bridgehead atoms. The summed E-state index contributed by atoms with van der Waals surface area (Å²) >= 11 is 0. The average molecular weight is 368 g/mol. The molecule has 1 aliphatic carbocycles. The second-order valence-electron chi connectivity index (χ2n) is 7.21. The fourth-order valence-electron chi connectivity index (χ4n) is 3.73. The summed E-state index contributed by atoms with van der Waals surface area (Å²) in [6.07, 6.45) is 0.720. The number of aryl methyl sites for hydroxylation is 1. The minimum atomic E-state index is -4.40. The van der Waals surface area contributed by atoms with E-state index in [0.717, 1.165) is 36.5 Å². The van der Waals surface area contributed by atoms with Crippen molar-refractivity contribution in [3.05, 3.63) is 47.1 Å². The third-order valence-corrected chi connectivity index (χ3v) is 5.13. The summed E-state index contributed by atoms with van der Waals surface area (Å²) in [6.45, 7) is 7.76. The smallest absolute Gasteiger partial charge is 0.412 e. The highest BCUT2D eigenvalue weighted by atomic mass is 19.4. The van der Waals surface area contributed by atoms with Crippen LogP contribution in [0, 0.1) is 5.92 Å². The molecule has 5 heteroatoms. The third-order valence-electron chi connectivity index (χ3n) is 5.13. The van der Waals surface area contributed by atoms with Gasteiger partial charge in [-0.2, -0.15) is 13.2 Å². The molecular weight excluding hydrogens is 341 g/mol. The first-order valence-electron chi connectivity index (χ1n) is 9.13. The molecule has 2 nitrogen and oxygen atoms in total. The van der Waals surface area contributed by atoms with Gasteiger partial charge < -0.3 is 10.2 Å². The van der Waals surface area contributed by atoms with Crippen molar-refractivity contribution >= 4 is 0 Å². The monoisotopic (exact) mass is 368 g/mol. The van der Waals surface area contributed by atoms with Crippen LogP contribution in [0.2, 0.25) is 0 Å². The highest BCUT2D eigenvalue weighted by Crippen LogP contribution is 2.48. The first-order valence-corrected chi connectivity index (χ1v) is 9.13. The second-order valence-corrected chi connectivity index (χ2v) is 7.21. The van der Waals surface area contributed by atoms with Gasteiger partial charge in [0.05, 0.1) is 0 Å². The van der Waals surface area contributed by atoms with Gasteiger partial charge in [0.15, 0.2) is 0 Å². The van der Waals surface area contributed by atoms with E-state index in [4.69, 9.17) is 0 Å². The maximum Gasteiger partial charge on any atom is 0.412 e. The molecule has 0 aromatic heterocycles. The summed E-state index contributed by atoms with van der Waals surface area (Å²) in [5.74, 6) is -1.27. The molecule has 0 saturated carbocycles. The van der Waals surface area contributed by atoms with Gasteiger partial charge in [0.1, 0.15) is 11.5 Å². The number of rotatable bonds is 6. The minimum absolute atomic E-state index is 0.0752. The predicted octanol–water partition coefficient (Wildman–Crippen LogP) is 6.39. The lowest BCUT2D eigenvalue weighted by Gasteiger charge is -2.32. The van der Waals surface area contributed by atoms with Crippen LogP contribution < -0.4 is 0 Å². The van der Waals surface area contributed by atoms with E-state index in [0.29, 0.717) is 12.8 Å². The van der Waals surface area contributed by atoms with Crippen molar-refractivity contribution in [1.29, 1.82) is 0 Å². The third kappa shape index (κ3) is 4.63. The molecule has 0 fully saturated rings. The molecule has 1 aromatic rings. The van der Waals surface area contributed by atoms with Crippen LogP contribution >= 0.6 is 0 Å². The average Bonchev–Trinajstić information content (AvgIpc) is 2.53. The molecule has 1 aliphatic rings. The Balaban J connectivity index is 2.43. The van der Waals surface area contributed by atoms with Crippen LogP contribution in [0.3, 0.4) is 0 Å². The van der Waals surface area contributed by atoms with Gasteiger partial charge in [-0.05, 0) is 56.2 Å². The first kappa shape index (κ1) is 20.4. The zero-order chi connectivity index (χ0) is 19.5. The van der Waals surface area contributed by atoms with Crippen molar-refractivity contribution in [2.24, 2.45) is 5.92 Å². The lowest BCUT2D eigenvalue weighted by Crippen LogP contribution is -2.23. The van der Waals surface area contributed by atoms with E-state index in [9.17, 15) is 23.4 Å². The highest BCUT2D eigenvalue weighted by molar-refractivity contribution is 5.52. The summed E-state index contributed by atoms with van der Waals surface area (Å²) in [5, 5.41) is 20.9. The standard InChI is InChI=1S/C21H27F3O2/c1-4-5-6-7-14-10-18(25)20(19(26)11-14)17-12-15(21(22,23)24)8-9-16(17)13(2)3/h10-12,16-17,25-26H,2,4-9H2,1,3H3/t16-,17+/m0/s1. The molecule has 0 saturated heterocycles. The van der Waals surface area contributed by atoms with Crippen molar-refractivity contribution in [3.63, 3.8) is 0 Å². The second kappa shape index (κ2) is 8.19. The van der Waals surface area contributed by atoms with E-state index < -0.39 is 17.7 Å². The summed E-state index contributed by atoms with van der Waals surface area (Å²) in [7, 11) is 0. The Morgan fingerprint density at radius 2 is 1.81 bits per heavy atom. The SMILES string of the molecule is C=C(C)[C@@H]1CCC(C(F)(F)F)=C[C@H]1c1c(O)cc(CCCCC)cc1O. The van der Waals surface area contributed by atoms with E-state index in [2.05, 4.69) is 13.5 Å². The van der Waals surface area contributed by atoms with Gasteiger partial charge in [-0.15, -0.1) is 0 Å². The van der Waals surface area contributed by atoms with Crippen LogP contribution in [-0.4, -0.2) is 16.4 Å². The lowest BCUT2D eigenvalue weighted by atomic mass is 9.73. The Hall–Kier alpha value is -1.91. The van der Waals surface area contributed by atoms with E-state index in [1.54, 1.807) is 19.1 Å². The lowest BCUT2D eigenvalue weighted by molar-refractivity contribution is -0.0957. The molecule has 0 unspecified atom stereocenters. The quantitative estimate of drug-likeness (QED) is 0.451. The molecule has 0 aliphatic heterocycles. The maximum absolute atomic E-state index is 13.2. The Kier molecular flexibility index (Phi) is 6.43. The Bertz CT molecular complexity index is 666. The molecule has 2 rings (SSSR count). The van der Waals surface area contributed by atoms with Gasteiger partial charge in [-0.25, -0.2) is 0 Å². The van der Waals surface area contributed by atoms with E-state index in [-0.39, 0.29) is 29.4 Å². The first-order chi connectivity index (χ1) is 12.1. The fraction of sp³-hybridized carbons (Fsp3) is 0.524. The van der Waals surface area contributed by atoms with Crippen LogP contribution in [0.5, 0.6) is 11.5 Å². The number of phenolic OH excluding ortho intramolecular Hbond substituents is 2. The number of benzene rings is 1. The van der Waals surface area contributed by atoms with Crippen molar-refractivity contribution in [1.82, 2.24) is 0 Å². The number of halogens is 3. The summed E-state index contributed by atoms with van der Waals surface area (Å²) in [6, 6.07) is 3.13. The summed E-state index contributed by atoms with van der Waals surface area (Å²) < 4.78 is 39.5. The van der Waals surface area contributed by atoms with E-state index >= 15 is 0 Å². The molecular formula is C21H27F3O2. The maximum atomic E-state index is 13.2. The highest BCUT2D eigenvalue weighted by Gasteiger charge is 2.40.